The molecule has 0 bridgehead atoms. The molecule has 2 heterocycles. The minimum absolute atomic E-state index is 0.195. The summed E-state index contributed by atoms with van der Waals surface area (Å²) in [6, 6.07) is 8.87. The Morgan fingerprint density at radius 2 is 1.81 bits per heavy atom. The molecule has 1 aliphatic rings. The number of methoxy groups -OCH3 is 3. The fourth-order valence-electron chi connectivity index (χ4n) is 2.79. The van der Waals surface area contributed by atoms with Crippen LogP contribution in [0.5, 0.6) is 11.5 Å². The molecule has 0 radical (unpaired) electrons. The molecule has 0 aliphatic carbocycles. The molecule has 27 heavy (non-hydrogen) atoms. The van der Waals surface area contributed by atoms with Gasteiger partial charge in [0.2, 0.25) is 0 Å². The van der Waals surface area contributed by atoms with Gasteiger partial charge in [-0.25, -0.2) is 0 Å². The van der Waals surface area contributed by atoms with Gasteiger partial charge < -0.3 is 19.5 Å². The van der Waals surface area contributed by atoms with Crippen LogP contribution in [0, 0.1) is 0 Å². The SMILES string of the molecule is COCCN1C(=O)C(Nc2ccc(OC)c(OC)c2)=C(c2cccs2)C1=O. The number of nitrogens with one attached hydrogen (secondary N) is 1. The zero-order chi connectivity index (χ0) is 19.4. The van der Waals surface area contributed by atoms with Crippen molar-refractivity contribution < 1.29 is 23.8 Å². The van der Waals surface area contributed by atoms with Crippen molar-refractivity contribution in [1.29, 1.82) is 0 Å². The highest BCUT2D eigenvalue weighted by atomic mass is 32.1. The van der Waals surface area contributed by atoms with Gasteiger partial charge in [0.1, 0.15) is 5.70 Å². The largest absolute Gasteiger partial charge is 0.493 e. The van der Waals surface area contributed by atoms with E-state index in [0.717, 1.165) is 4.88 Å². The van der Waals surface area contributed by atoms with Crippen LogP contribution < -0.4 is 14.8 Å². The molecule has 2 amide bonds. The zero-order valence-electron chi connectivity index (χ0n) is 15.3. The van der Waals surface area contributed by atoms with Crippen molar-refractivity contribution in [3.63, 3.8) is 0 Å². The minimum atomic E-state index is -0.379. The second-order valence-corrected chi connectivity index (χ2v) is 6.62. The van der Waals surface area contributed by atoms with Crippen molar-refractivity contribution >= 4 is 34.4 Å². The summed E-state index contributed by atoms with van der Waals surface area (Å²) >= 11 is 1.41. The van der Waals surface area contributed by atoms with Crippen LogP contribution in [-0.2, 0) is 14.3 Å². The fraction of sp³-hybridized carbons (Fsp3) is 0.263. The summed E-state index contributed by atoms with van der Waals surface area (Å²) in [6.45, 7) is 0.471. The molecule has 1 aliphatic heterocycles. The van der Waals surface area contributed by atoms with E-state index in [2.05, 4.69) is 5.32 Å². The van der Waals surface area contributed by atoms with E-state index in [1.54, 1.807) is 25.3 Å². The predicted octanol–water partition coefficient (Wildman–Crippen LogP) is 2.60. The van der Waals surface area contributed by atoms with Gasteiger partial charge in [0.25, 0.3) is 11.8 Å². The molecule has 1 N–H and O–H groups in total. The van der Waals surface area contributed by atoms with E-state index in [0.29, 0.717) is 22.8 Å². The first-order valence-corrected chi connectivity index (χ1v) is 9.11. The zero-order valence-corrected chi connectivity index (χ0v) is 16.1. The molecule has 2 aromatic rings. The summed E-state index contributed by atoms with van der Waals surface area (Å²) in [4.78, 5) is 27.7. The highest BCUT2D eigenvalue weighted by molar-refractivity contribution is 7.11. The van der Waals surface area contributed by atoms with Crippen LogP contribution in [0.15, 0.2) is 41.4 Å². The van der Waals surface area contributed by atoms with Gasteiger partial charge in [-0.2, -0.15) is 0 Å². The van der Waals surface area contributed by atoms with Crippen LogP contribution >= 0.6 is 11.3 Å². The molecular formula is C19H20N2O5S. The van der Waals surface area contributed by atoms with Crippen LogP contribution in [0.2, 0.25) is 0 Å². The molecule has 7 nitrogen and oxygen atoms in total. The predicted molar refractivity (Wildman–Crippen MR) is 103 cm³/mol. The number of amides is 2. The molecule has 0 unspecified atom stereocenters. The number of hydrogen-bond donors (Lipinski definition) is 1. The molecule has 0 atom stereocenters. The first-order valence-electron chi connectivity index (χ1n) is 8.23. The van der Waals surface area contributed by atoms with Gasteiger partial charge in [0, 0.05) is 23.7 Å². The maximum absolute atomic E-state index is 12.9. The van der Waals surface area contributed by atoms with E-state index in [1.807, 2.05) is 17.5 Å². The van der Waals surface area contributed by atoms with Crippen molar-refractivity contribution in [3.05, 3.63) is 46.3 Å². The highest BCUT2D eigenvalue weighted by Gasteiger charge is 2.39. The number of thiophene rings is 1. The van der Waals surface area contributed by atoms with E-state index >= 15 is 0 Å². The van der Waals surface area contributed by atoms with E-state index < -0.39 is 0 Å². The maximum Gasteiger partial charge on any atom is 0.278 e. The second kappa shape index (κ2) is 8.24. The Morgan fingerprint density at radius 1 is 1.04 bits per heavy atom. The van der Waals surface area contributed by atoms with Crippen LogP contribution in [-0.4, -0.2) is 51.2 Å². The Kier molecular flexibility index (Phi) is 5.78. The summed E-state index contributed by atoms with van der Waals surface area (Å²) in [5.41, 5.74) is 1.22. The number of carbonyl (C=O) groups excluding carboxylic acids is 2. The first-order chi connectivity index (χ1) is 13.1. The maximum atomic E-state index is 12.9. The lowest BCUT2D eigenvalue weighted by atomic mass is 10.2. The van der Waals surface area contributed by atoms with Gasteiger partial charge in [0.15, 0.2) is 11.5 Å². The standard InChI is InChI=1S/C19H20N2O5S/c1-24-9-8-21-18(22)16(15-5-4-10-27-15)17(19(21)23)20-12-6-7-13(25-2)14(11-12)26-3/h4-7,10-11,20H,8-9H2,1-3H3. The van der Waals surface area contributed by atoms with Crippen LogP contribution in [0.4, 0.5) is 5.69 Å². The summed E-state index contributed by atoms with van der Waals surface area (Å²) in [6.07, 6.45) is 0. The average Bonchev–Trinajstić information content (AvgIpc) is 3.28. The number of ether oxygens (including phenoxy) is 3. The van der Waals surface area contributed by atoms with E-state index in [1.165, 1.54) is 30.5 Å². The summed E-state index contributed by atoms with van der Waals surface area (Å²) in [5, 5.41) is 4.96. The monoisotopic (exact) mass is 388 g/mol. The number of imide groups is 1. The van der Waals surface area contributed by atoms with E-state index in [9.17, 15) is 9.59 Å². The Labute approximate surface area is 161 Å². The van der Waals surface area contributed by atoms with Crippen molar-refractivity contribution in [2.24, 2.45) is 0 Å². The van der Waals surface area contributed by atoms with Gasteiger partial charge in [-0.05, 0) is 23.6 Å². The topological polar surface area (TPSA) is 77.1 Å². The lowest BCUT2D eigenvalue weighted by Crippen LogP contribution is -2.35. The summed E-state index contributed by atoms with van der Waals surface area (Å²) in [7, 11) is 4.62. The van der Waals surface area contributed by atoms with Gasteiger partial charge >= 0.3 is 0 Å². The first kappa shape index (κ1) is 18.9. The summed E-state index contributed by atoms with van der Waals surface area (Å²) in [5.74, 6) is 0.387. The number of hydrogen-bond acceptors (Lipinski definition) is 7. The number of anilines is 1. The van der Waals surface area contributed by atoms with Crippen molar-refractivity contribution in [3.8, 4) is 11.5 Å². The van der Waals surface area contributed by atoms with Gasteiger partial charge in [0.05, 0.1) is 32.9 Å². The second-order valence-electron chi connectivity index (χ2n) is 5.68. The Bertz CT molecular complexity index is 876. The number of benzene rings is 1. The number of rotatable bonds is 8. The molecule has 0 fully saturated rings. The molecule has 0 saturated heterocycles. The number of nitrogens with zero attached hydrogens (tertiary/aromatic N) is 1. The van der Waals surface area contributed by atoms with Gasteiger partial charge in [-0.15, -0.1) is 11.3 Å². The molecule has 1 aromatic carbocycles. The lowest BCUT2D eigenvalue weighted by Gasteiger charge is -2.15. The van der Waals surface area contributed by atoms with Crippen molar-refractivity contribution in [2.75, 3.05) is 39.8 Å². The fourth-order valence-corrected chi connectivity index (χ4v) is 3.55. The lowest BCUT2D eigenvalue weighted by molar-refractivity contribution is -0.137. The van der Waals surface area contributed by atoms with Gasteiger partial charge in [-0.3, -0.25) is 14.5 Å². The highest BCUT2D eigenvalue weighted by Crippen LogP contribution is 2.35. The normalized spacial score (nSPS) is 14.1. The Morgan fingerprint density at radius 3 is 2.44 bits per heavy atom. The van der Waals surface area contributed by atoms with Crippen molar-refractivity contribution in [2.45, 2.75) is 0 Å². The molecule has 3 rings (SSSR count). The minimum Gasteiger partial charge on any atom is -0.493 e. The summed E-state index contributed by atoms with van der Waals surface area (Å²) < 4.78 is 15.6. The molecule has 0 spiro atoms. The number of carbonyl (C=O) groups is 2. The molecule has 142 valence electrons. The van der Waals surface area contributed by atoms with Crippen LogP contribution in [0.3, 0.4) is 0 Å². The quantitative estimate of drug-likeness (QED) is 0.701. The third-order valence-electron chi connectivity index (χ3n) is 4.11. The third-order valence-corrected chi connectivity index (χ3v) is 4.99. The molecule has 1 aromatic heterocycles. The molecule has 8 heteroatoms. The van der Waals surface area contributed by atoms with Gasteiger partial charge in [-0.1, -0.05) is 6.07 Å². The molecular weight excluding hydrogens is 368 g/mol. The Hall–Kier alpha value is -2.84. The molecule has 0 saturated carbocycles. The van der Waals surface area contributed by atoms with Crippen LogP contribution in [0.25, 0.3) is 5.57 Å². The smallest absolute Gasteiger partial charge is 0.278 e. The Balaban J connectivity index is 1.99. The van der Waals surface area contributed by atoms with E-state index in [-0.39, 0.29) is 30.7 Å². The van der Waals surface area contributed by atoms with Crippen LogP contribution in [0.1, 0.15) is 4.88 Å². The van der Waals surface area contributed by atoms with E-state index in [4.69, 9.17) is 14.2 Å². The third kappa shape index (κ3) is 3.67. The van der Waals surface area contributed by atoms with Crippen molar-refractivity contribution in [1.82, 2.24) is 4.90 Å². The average molecular weight is 388 g/mol.